The van der Waals surface area contributed by atoms with Crippen LogP contribution in [0.2, 0.25) is 5.02 Å². The van der Waals surface area contributed by atoms with Gasteiger partial charge in [-0.3, -0.25) is 0 Å². The highest BCUT2D eigenvalue weighted by atomic mass is 35.5. The maximum absolute atomic E-state index is 11.3. The normalized spacial score (nSPS) is 11.2. The summed E-state index contributed by atoms with van der Waals surface area (Å²) in [4.78, 5) is 0.275. The Labute approximate surface area is 117 Å². The lowest BCUT2D eigenvalue weighted by Crippen LogP contribution is -2.17. The van der Waals surface area contributed by atoms with Crippen LogP contribution >= 0.6 is 23.8 Å². The second kappa shape index (κ2) is 6.36. The molecule has 0 saturated carbocycles. The van der Waals surface area contributed by atoms with Crippen molar-refractivity contribution in [1.29, 1.82) is 0 Å². The molecule has 0 heterocycles. The average molecular weight is 307 g/mol. The molecule has 1 aromatic rings. The van der Waals surface area contributed by atoms with E-state index in [4.69, 9.17) is 29.6 Å². The molecule has 0 aromatic heterocycles. The van der Waals surface area contributed by atoms with Crippen molar-refractivity contribution in [2.75, 3.05) is 23.4 Å². The smallest absolute Gasteiger partial charge is 0.151 e. The minimum absolute atomic E-state index is 0.0802. The first-order chi connectivity index (χ1) is 8.35. The number of sulfone groups is 1. The fraction of sp³-hybridized carbons (Fsp3) is 0.364. The first-order valence-electron chi connectivity index (χ1n) is 5.39. The van der Waals surface area contributed by atoms with Gasteiger partial charge < -0.3 is 11.1 Å². The van der Waals surface area contributed by atoms with Crippen molar-refractivity contribution in [3.63, 3.8) is 0 Å². The monoisotopic (exact) mass is 306 g/mol. The zero-order chi connectivity index (χ0) is 13.8. The van der Waals surface area contributed by atoms with Crippen molar-refractivity contribution in [2.45, 2.75) is 6.92 Å². The Hall–Kier alpha value is -0.850. The van der Waals surface area contributed by atoms with E-state index in [0.29, 0.717) is 22.8 Å². The quantitative estimate of drug-likeness (QED) is 0.784. The second-order valence-electron chi connectivity index (χ2n) is 3.72. The van der Waals surface area contributed by atoms with Crippen LogP contribution in [0.4, 0.5) is 5.69 Å². The first kappa shape index (κ1) is 15.2. The Morgan fingerprint density at radius 3 is 2.67 bits per heavy atom. The molecule has 1 rings (SSSR count). The van der Waals surface area contributed by atoms with Crippen molar-refractivity contribution in [2.24, 2.45) is 5.73 Å². The van der Waals surface area contributed by atoms with E-state index >= 15 is 0 Å². The lowest BCUT2D eigenvalue weighted by Gasteiger charge is -2.09. The SMILES string of the molecule is CCS(=O)(=O)CCNc1ccc(C(N)=S)cc1Cl. The van der Waals surface area contributed by atoms with Gasteiger partial charge in [-0.05, 0) is 18.2 Å². The summed E-state index contributed by atoms with van der Waals surface area (Å²) in [7, 11) is -2.97. The Bertz CT molecular complexity index is 544. The van der Waals surface area contributed by atoms with Crippen LogP contribution in [0.1, 0.15) is 12.5 Å². The van der Waals surface area contributed by atoms with E-state index in [1.807, 2.05) is 0 Å². The van der Waals surface area contributed by atoms with E-state index in [2.05, 4.69) is 5.32 Å². The van der Waals surface area contributed by atoms with Gasteiger partial charge in [0, 0.05) is 17.9 Å². The van der Waals surface area contributed by atoms with Gasteiger partial charge >= 0.3 is 0 Å². The van der Waals surface area contributed by atoms with E-state index in [-0.39, 0.29) is 16.5 Å². The van der Waals surface area contributed by atoms with Crippen molar-refractivity contribution in [3.8, 4) is 0 Å². The summed E-state index contributed by atoms with van der Waals surface area (Å²) in [6, 6.07) is 5.13. The molecule has 0 fully saturated rings. The first-order valence-corrected chi connectivity index (χ1v) is 8.00. The van der Waals surface area contributed by atoms with E-state index in [1.165, 1.54) is 0 Å². The van der Waals surface area contributed by atoms with Gasteiger partial charge in [0.15, 0.2) is 9.84 Å². The molecular weight excluding hydrogens is 292 g/mol. The fourth-order valence-electron chi connectivity index (χ4n) is 1.30. The Kier molecular flexibility index (Phi) is 5.37. The van der Waals surface area contributed by atoms with Crippen molar-refractivity contribution in [3.05, 3.63) is 28.8 Å². The molecule has 7 heteroatoms. The van der Waals surface area contributed by atoms with Crippen LogP contribution in [0.15, 0.2) is 18.2 Å². The van der Waals surface area contributed by atoms with Crippen LogP contribution in [0, 0.1) is 0 Å². The minimum atomic E-state index is -2.97. The van der Waals surface area contributed by atoms with Crippen LogP contribution < -0.4 is 11.1 Å². The number of nitrogens with two attached hydrogens (primary N) is 1. The van der Waals surface area contributed by atoms with Gasteiger partial charge in [0.2, 0.25) is 0 Å². The van der Waals surface area contributed by atoms with E-state index < -0.39 is 9.84 Å². The summed E-state index contributed by atoms with van der Waals surface area (Å²) in [6.45, 7) is 1.95. The molecule has 100 valence electrons. The third kappa shape index (κ3) is 4.44. The number of anilines is 1. The second-order valence-corrected chi connectivity index (χ2v) is 7.04. The maximum Gasteiger partial charge on any atom is 0.151 e. The number of halogens is 1. The molecule has 0 aliphatic heterocycles. The Morgan fingerprint density at radius 1 is 1.50 bits per heavy atom. The van der Waals surface area contributed by atoms with Gasteiger partial charge in [-0.15, -0.1) is 0 Å². The van der Waals surface area contributed by atoms with Crippen LogP contribution in [0.5, 0.6) is 0 Å². The van der Waals surface area contributed by atoms with Gasteiger partial charge in [-0.1, -0.05) is 30.7 Å². The van der Waals surface area contributed by atoms with E-state index in [1.54, 1.807) is 25.1 Å². The van der Waals surface area contributed by atoms with Gasteiger partial charge in [0.25, 0.3) is 0 Å². The summed E-state index contributed by atoms with van der Waals surface area (Å²) >= 11 is 10.9. The Morgan fingerprint density at radius 2 is 2.17 bits per heavy atom. The van der Waals surface area contributed by atoms with Crippen LogP contribution in [-0.2, 0) is 9.84 Å². The molecule has 0 spiro atoms. The third-order valence-electron chi connectivity index (χ3n) is 2.42. The number of rotatable bonds is 6. The standard InChI is InChI=1S/C11H15ClN2O2S2/c1-2-18(15,16)6-5-14-10-4-3-8(11(13)17)7-9(10)12/h3-4,7,14H,2,5-6H2,1H3,(H2,13,17). The van der Waals surface area contributed by atoms with Crippen LogP contribution in [0.25, 0.3) is 0 Å². The highest BCUT2D eigenvalue weighted by Crippen LogP contribution is 2.22. The summed E-state index contributed by atoms with van der Waals surface area (Å²) in [5.74, 6) is 0.222. The highest BCUT2D eigenvalue weighted by Gasteiger charge is 2.08. The molecule has 18 heavy (non-hydrogen) atoms. The van der Waals surface area contributed by atoms with E-state index in [0.717, 1.165) is 0 Å². The highest BCUT2D eigenvalue weighted by molar-refractivity contribution is 7.91. The minimum Gasteiger partial charge on any atom is -0.389 e. The predicted octanol–water partition coefficient (Wildman–Crippen LogP) is 1.82. The number of nitrogens with one attached hydrogen (secondary N) is 1. The molecular formula is C11H15ClN2O2S2. The number of hydrogen-bond donors (Lipinski definition) is 2. The van der Waals surface area contributed by atoms with Gasteiger partial charge in [0.1, 0.15) is 4.99 Å². The molecule has 0 radical (unpaired) electrons. The third-order valence-corrected chi connectivity index (χ3v) is 4.68. The molecule has 4 nitrogen and oxygen atoms in total. The van der Waals surface area contributed by atoms with Crippen molar-refractivity contribution < 1.29 is 8.42 Å². The van der Waals surface area contributed by atoms with E-state index in [9.17, 15) is 8.42 Å². The van der Waals surface area contributed by atoms with Gasteiger partial charge in [-0.25, -0.2) is 8.42 Å². The van der Waals surface area contributed by atoms with Gasteiger partial charge in [-0.2, -0.15) is 0 Å². The molecule has 0 aliphatic rings. The lowest BCUT2D eigenvalue weighted by molar-refractivity contribution is 0.597. The topological polar surface area (TPSA) is 72.2 Å². The summed E-state index contributed by atoms with van der Waals surface area (Å²) in [5.41, 5.74) is 6.83. The van der Waals surface area contributed by atoms with Crippen molar-refractivity contribution >= 4 is 44.3 Å². The van der Waals surface area contributed by atoms with Gasteiger partial charge in [0.05, 0.1) is 16.5 Å². The van der Waals surface area contributed by atoms with Crippen LogP contribution in [0.3, 0.4) is 0 Å². The molecule has 0 bridgehead atoms. The Balaban J connectivity index is 2.67. The fourth-order valence-corrected chi connectivity index (χ4v) is 2.37. The zero-order valence-electron chi connectivity index (χ0n) is 9.94. The molecule has 0 amide bonds. The maximum atomic E-state index is 11.3. The average Bonchev–Trinajstić information content (AvgIpc) is 2.31. The molecule has 1 aromatic carbocycles. The largest absolute Gasteiger partial charge is 0.389 e. The molecule has 0 saturated heterocycles. The number of hydrogen-bond acceptors (Lipinski definition) is 4. The predicted molar refractivity (Wildman–Crippen MR) is 80.2 cm³/mol. The number of thiocarbonyl (C=S) groups is 1. The summed E-state index contributed by atoms with van der Waals surface area (Å²) < 4.78 is 22.6. The zero-order valence-corrected chi connectivity index (χ0v) is 12.3. The molecule has 0 atom stereocenters. The van der Waals surface area contributed by atoms with Crippen molar-refractivity contribution in [1.82, 2.24) is 0 Å². The molecule has 3 N–H and O–H groups in total. The van der Waals surface area contributed by atoms with Crippen LogP contribution in [-0.4, -0.2) is 31.5 Å². The molecule has 0 unspecified atom stereocenters. The summed E-state index contributed by atoms with van der Waals surface area (Å²) in [6.07, 6.45) is 0. The number of benzene rings is 1. The lowest BCUT2D eigenvalue weighted by atomic mass is 10.2. The molecule has 0 aliphatic carbocycles. The summed E-state index contributed by atoms with van der Waals surface area (Å²) in [5, 5.41) is 3.44.